The van der Waals surface area contributed by atoms with Crippen molar-refractivity contribution >= 4 is 13.8 Å². The van der Waals surface area contributed by atoms with Gasteiger partial charge in [0.2, 0.25) is 6.29 Å². The van der Waals surface area contributed by atoms with Gasteiger partial charge in [0.15, 0.2) is 0 Å². The van der Waals surface area contributed by atoms with Gasteiger partial charge in [-0.15, -0.1) is 0 Å². The van der Waals surface area contributed by atoms with Gasteiger partial charge in [0, 0.05) is 6.08 Å². The van der Waals surface area contributed by atoms with E-state index in [1.54, 1.807) is 13.8 Å². The molecule has 14 heavy (non-hydrogen) atoms. The third-order valence-corrected chi connectivity index (χ3v) is 1.55. The minimum absolute atomic E-state index is 0.703. The number of allylic oxidation sites excluding steroid dienone is 1. The second-order valence-corrected chi connectivity index (χ2v) is 4.01. The molecule has 0 radical (unpaired) electrons. The third-order valence-electron chi connectivity index (χ3n) is 0.974. The first-order valence-electron chi connectivity index (χ1n) is 3.80. The van der Waals surface area contributed by atoms with Crippen molar-refractivity contribution in [2.24, 2.45) is 0 Å². The molecule has 0 aromatic heterocycles. The maximum Gasteiger partial charge on any atom is 0.472 e. The smallest absolute Gasteiger partial charge is 0.432 e. The van der Waals surface area contributed by atoms with Crippen LogP contribution in [0, 0.1) is 0 Å². The maximum atomic E-state index is 10.9. The SMILES string of the molecule is CC(C)=CC(=O)OC(C)OP(=O)(O)O. The fourth-order valence-corrected chi connectivity index (χ4v) is 1.08. The molecule has 0 aromatic carbocycles. The highest BCUT2D eigenvalue weighted by Gasteiger charge is 2.20. The Labute approximate surface area is 81.8 Å². The minimum Gasteiger partial charge on any atom is -0.432 e. The Kier molecular flexibility index (Phi) is 5.01. The lowest BCUT2D eigenvalue weighted by Gasteiger charge is -2.12. The molecule has 0 aromatic rings. The fraction of sp³-hybridized carbons (Fsp3) is 0.571. The Morgan fingerprint density at radius 2 is 1.93 bits per heavy atom. The van der Waals surface area contributed by atoms with Crippen molar-refractivity contribution in [2.45, 2.75) is 27.1 Å². The van der Waals surface area contributed by atoms with Crippen molar-refractivity contribution in [3.05, 3.63) is 11.6 Å². The zero-order valence-corrected chi connectivity index (χ0v) is 9.02. The van der Waals surface area contributed by atoms with E-state index in [-0.39, 0.29) is 0 Å². The van der Waals surface area contributed by atoms with Crippen molar-refractivity contribution in [1.29, 1.82) is 0 Å². The number of ether oxygens (including phenoxy) is 1. The molecular weight excluding hydrogens is 211 g/mol. The molecule has 0 saturated carbocycles. The van der Waals surface area contributed by atoms with Gasteiger partial charge >= 0.3 is 13.8 Å². The molecule has 0 aliphatic heterocycles. The molecule has 6 nitrogen and oxygen atoms in total. The van der Waals surface area contributed by atoms with Gasteiger partial charge in [0.1, 0.15) is 0 Å². The van der Waals surface area contributed by atoms with Crippen LogP contribution in [0.15, 0.2) is 11.6 Å². The molecule has 0 spiro atoms. The van der Waals surface area contributed by atoms with Gasteiger partial charge in [-0.05, 0) is 20.8 Å². The first-order valence-corrected chi connectivity index (χ1v) is 5.33. The summed E-state index contributed by atoms with van der Waals surface area (Å²) >= 11 is 0. The van der Waals surface area contributed by atoms with Crippen LogP contribution >= 0.6 is 7.82 Å². The number of carbonyl (C=O) groups is 1. The van der Waals surface area contributed by atoms with Crippen LogP contribution in [0.5, 0.6) is 0 Å². The lowest BCUT2D eigenvalue weighted by molar-refractivity contribution is -0.156. The first kappa shape index (κ1) is 13.3. The zero-order chi connectivity index (χ0) is 11.4. The second-order valence-electron chi connectivity index (χ2n) is 2.82. The molecule has 0 aliphatic carbocycles. The van der Waals surface area contributed by atoms with Crippen molar-refractivity contribution in [1.82, 2.24) is 0 Å². The molecule has 1 unspecified atom stereocenters. The van der Waals surface area contributed by atoms with Crippen LogP contribution in [0.3, 0.4) is 0 Å². The average molecular weight is 224 g/mol. The Bertz CT molecular complexity index is 274. The van der Waals surface area contributed by atoms with E-state index in [0.717, 1.165) is 5.57 Å². The molecule has 0 amide bonds. The van der Waals surface area contributed by atoms with Gasteiger partial charge in [-0.1, -0.05) is 5.57 Å². The summed E-state index contributed by atoms with van der Waals surface area (Å²) in [6, 6.07) is 0. The lowest BCUT2D eigenvalue weighted by atomic mass is 10.3. The van der Waals surface area contributed by atoms with E-state index in [4.69, 9.17) is 9.79 Å². The summed E-state index contributed by atoms with van der Waals surface area (Å²) in [5.41, 5.74) is 0.721. The topological polar surface area (TPSA) is 93.1 Å². The summed E-state index contributed by atoms with van der Waals surface area (Å²) in [7, 11) is -4.61. The number of hydrogen-bond donors (Lipinski definition) is 2. The Morgan fingerprint density at radius 3 is 2.29 bits per heavy atom. The van der Waals surface area contributed by atoms with Crippen LogP contribution in [0.2, 0.25) is 0 Å². The summed E-state index contributed by atoms with van der Waals surface area (Å²) in [6.07, 6.45) is -0.0848. The average Bonchev–Trinajstić information content (AvgIpc) is 1.77. The van der Waals surface area contributed by atoms with Gasteiger partial charge in [-0.2, -0.15) is 0 Å². The van der Waals surface area contributed by atoms with E-state index in [1.165, 1.54) is 13.0 Å². The van der Waals surface area contributed by atoms with E-state index in [9.17, 15) is 9.36 Å². The summed E-state index contributed by atoms with van der Waals surface area (Å²) < 4.78 is 18.9. The van der Waals surface area contributed by atoms with Crippen LogP contribution in [0.1, 0.15) is 20.8 Å². The molecular formula is C7H13O6P. The number of rotatable bonds is 4. The van der Waals surface area contributed by atoms with Gasteiger partial charge in [-0.25, -0.2) is 13.9 Å². The first-order chi connectivity index (χ1) is 6.20. The van der Waals surface area contributed by atoms with Crippen LogP contribution < -0.4 is 0 Å². The highest BCUT2D eigenvalue weighted by Crippen LogP contribution is 2.37. The predicted molar refractivity (Wildman–Crippen MR) is 48.1 cm³/mol. The number of hydrogen-bond acceptors (Lipinski definition) is 4. The van der Waals surface area contributed by atoms with E-state index in [1.807, 2.05) is 0 Å². The van der Waals surface area contributed by atoms with Crippen LogP contribution in [-0.4, -0.2) is 22.0 Å². The number of esters is 1. The quantitative estimate of drug-likeness (QED) is 0.319. The Morgan fingerprint density at radius 1 is 1.43 bits per heavy atom. The number of phosphoric ester groups is 1. The molecule has 2 N–H and O–H groups in total. The summed E-state index contributed by atoms with van der Waals surface area (Å²) in [5.74, 6) is -0.703. The summed E-state index contributed by atoms with van der Waals surface area (Å²) in [5, 5.41) is 0. The normalized spacial score (nSPS) is 13.2. The standard InChI is InChI=1S/C7H13O6P/c1-5(2)4-7(8)12-6(3)13-14(9,10)11/h4,6H,1-3H3,(H2,9,10,11). The largest absolute Gasteiger partial charge is 0.472 e. The van der Waals surface area contributed by atoms with Gasteiger partial charge in [-0.3, -0.25) is 0 Å². The lowest BCUT2D eigenvalue weighted by Crippen LogP contribution is -2.15. The van der Waals surface area contributed by atoms with E-state index < -0.39 is 20.1 Å². The summed E-state index contributed by atoms with van der Waals surface area (Å²) in [4.78, 5) is 27.6. The number of phosphoric acid groups is 1. The van der Waals surface area contributed by atoms with Crippen molar-refractivity contribution in [2.75, 3.05) is 0 Å². The predicted octanol–water partition coefficient (Wildman–Crippen LogP) is 0.951. The third kappa shape index (κ3) is 7.94. The molecule has 0 heterocycles. The van der Waals surface area contributed by atoms with Crippen molar-refractivity contribution < 1.29 is 28.4 Å². The van der Waals surface area contributed by atoms with Gasteiger partial charge in [0.05, 0.1) is 0 Å². The van der Waals surface area contributed by atoms with Crippen molar-refractivity contribution in [3.63, 3.8) is 0 Å². The Hall–Kier alpha value is -0.680. The summed E-state index contributed by atoms with van der Waals surface area (Å²) in [6.45, 7) is 4.60. The molecule has 0 bridgehead atoms. The minimum atomic E-state index is -4.61. The van der Waals surface area contributed by atoms with Gasteiger partial charge < -0.3 is 14.5 Å². The second kappa shape index (κ2) is 5.26. The van der Waals surface area contributed by atoms with Gasteiger partial charge in [0.25, 0.3) is 0 Å². The van der Waals surface area contributed by atoms with E-state index in [2.05, 4.69) is 9.26 Å². The van der Waals surface area contributed by atoms with Crippen LogP contribution in [-0.2, 0) is 18.6 Å². The van der Waals surface area contributed by atoms with Crippen molar-refractivity contribution in [3.8, 4) is 0 Å². The van der Waals surface area contributed by atoms with Crippen LogP contribution in [0.25, 0.3) is 0 Å². The number of carbonyl (C=O) groups excluding carboxylic acids is 1. The zero-order valence-electron chi connectivity index (χ0n) is 8.13. The molecule has 0 fully saturated rings. The molecule has 1 atom stereocenters. The molecule has 0 aliphatic rings. The van der Waals surface area contributed by atoms with E-state index in [0.29, 0.717) is 0 Å². The Balaban J connectivity index is 4.08. The maximum absolute atomic E-state index is 10.9. The monoisotopic (exact) mass is 224 g/mol. The van der Waals surface area contributed by atoms with Crippen LogP contribution in [0.4, 0.5) is 0 Å². The molecule has 0 rings (SSSR count). The highest BCUT2D eigenvalue weighted by atomic mass is 31.2. The van der Waals surface area contributed by atoms with E-state index >= 15 is 0 Å². The molecule has 7 heteroatoms. The molecule has 82 valence electrons. The molecule has 0 saturated heterocycles. The fourth-order valence-electron chi connectivity index (χ4n) is 0.648. The highest BCUT2D eigenvalue weighted by molar-refractivity contribution is 7.46.